The Bertz CT molecular complexity index is 502. The molecule has 0 bridgehead atoms. The van der Waals surface area contributed by atoms with Crippen LogP contribution in [0.5, 0.6) is 5.75 Å². The van der Waals surface area contributed by atoms with Gasteiger partial charge in [0.05, 0.1) is 0 Å². The third kappa shape index (κ3) is 5.25. The van der Waals surface area contributed by atoms with Crippen LogP contribution in [0.2, 0.25) is 0 Å². The van der Waals surface area contributed by atoms with Crippen LogP contribution < -0.4 is 10.1 Å². The highest BCUT2D eigenvalue weighted by Gasteiger charge is 2.22. The van der Waals surface area contributed by atoms with E-state index in [1.165, 1.54) is 6.20 Å². The lowest BCUT2D eigenvalue weighted by atomic mass is 10.1. The molecule has 1 unspecified atom stereocenters. The maximum Gasteiger partial charge on any atom is 0.326 e. The predicted molar refractivity (Wildman–Crippen MR) is 78.3 cm³/mol. The summed E-state index contributed by atoms with van der Waals surface area (Å²) in [6, 6.07) is 2.32. The number of nitrogens with zero attached hydrogens (tertiary/aromatic N) is 1. The van der Waals surface area contributed by atoms with Crippen molar-refractivity contribution in [2.75, 3.05) is 6.61 Å². The van der Waals surface area contributed by atoms with E-state index in [1.54, 1.807) is 18.2 Å². The zero-order valence-corrected chi connectivity index (χ0v) is 12.0. The third-order valence-electron chi connectivity index (χ3n) is 2.79. The first-order chi connectivity index (χ1) is 10.1. The number of unbranched alkanes of at least 4 members (excludes halogenated alkanes) is 1. The Balaban J connectivity index is 2.81. The lowest BCUT2D eigenvalue weighted by molar-refractivity contribution is -0.139. The Morgan fingerprint density at radius 1 is 1.57 bits per heavy atom. The molecule has 0 aliphatic rings. The Kier molecular flexibility index (Phi) is 6.94. The fourth-order valence-electron chi connectivity index (χ4n) is 1.72. The molecule has 2 N–H and O–H groups in total. The van der Waals surface area contributed by atoms with E-state index in [-0.39, 0.29) is 12.3 Å². The number of aliphatic carboxylic acids is 1. The number of rotatable bonds is 9. The summed E-state index contributed by atoms with van der Waals surface area (Å²) < 4.78 is 5.34. The number of carboxylic acids is 1. The summed E-state index contributed by atoms with van der Waals surface area (Å²) in [5.41, 5.74) is 0.0714. The van der Waals surface area contributed by atoms with Crippen molar-refractivity contribution in [2.24, 2.45) is 0 Å². The summed E-state index contributed by atoms with van der Waals surface area (Å²) >= 11 is 0. The van der Waals surface area contributed by atoms with Gasteiger partial charge < -0.3 is 15.2 Å². The van der Waals surface area contributed by atoms with Gasteiger partial charge in [0.2, 0.25) is 0 Å². The maximum absolute atomic E-state index is 12.2. The number of pyridine rings is 1. The molecule has 0 aromatic carbocycles. The summed E-state index contributed by atoms with van der Waals surface area (Å²) in [6.45, 7) is 5.73. The lowest BCUT2D eigenvalue weighted by Gasteiger charge is -2.15. The smallest absolute Gasteiger partial charge is 0.326 e. The van der Waals surface area contributed by atoms with Crippen molar-refractivity contribution < 1.29 is 19.4 Å². The molecule has 114 valence electrons. The Hall–Kier alpha value is -2.37. The number of carbonyl (C=O) groups is 2. The van der Waals surface area contributed by atoms with Crippen molar-refractivity contribution in [3.63, 3.8) is 0 Å². The summed E-state index contributed by atoms with van der Waals surface area (Å²) in [5.74, 6) is -1.31. The predicted octanol–water partition coefficient (Wildman–Crippen LogP) is 2.02. The summed E-state index contributed by atoms with van der Waals surface area (Å²) in [5, 5.41) is 11.6. The van der Waals surface area contributed by atoms with Crippen LogP contribution in [0, 0.1) is 0 Å². The fourth-order valence-corrected chi connectivity index (χ4v) is 1.72. The molecule has 0 saturated heterocycles. The average Bonchev–Trinajstić information content (AvgIpc) is 2.49. The van der Waals surface area contributed by atoms with E-state index in [1.807, 2.05) is 6.92 Å². The van der Waals surface area contributed by atoms with Crippen LogP contribution in [0.25, 0.3) is 0 Å². The summed E-state index contributed by atoms with van der Waals surface area (Å²) in [4.78, 5) is 27.3. The van der Waals surface area contributed by atoms with E-state index in [0.29, 0.717) is 12.2 Å². The first-order valence-corrected chi connectivity index (χ1v) is 6.82. The maximum atomic E-state index is 12.2. The number of aromatic nitrogens is 1. The number of nitrogens with one attached hydrogen (secondary N) is 1. The van der Waals surface area contributed by atoms with Gasteiger partial charge in [0, 0.05) is 6.20 Å². The highest BCUT2D eigenvalue weighted by Crippen LogP contribution is 2.15. The molecular formula is C15H20N2O4. The molecule has 1 aromatic heterocycles. The van der Waals surface area contributed by atoms with Gasteiger partial charge in [-0.05, 0) is 18.6 Å². The molecule has 6 nitrogen and oxygen atoms in total. The van der Waals surface area contributed by atoms with E-state index in [9.17, 15) is 9.59 Å². The summed E-state index contributed by atoms with van der Waals surface area (Å²) in [6.07, 6.45) is 4.97. The van der Waals surface area contributed by atoms with Crippen LogP contribution in [-0.4, -0.2) is 34.6 Å². The minimum Gasteiger partial charge on any atom is -0.487 e. The van der Waals surface area contributed by atoms with Crippen molar-refractivity contribution in [1.82, 2.24) is 10.3 Å². The molecule has 21 heavy (non-hydrogen) atoms. The van der Waals surface area contributed by atoms with E-state index in [2.05, 4.69) is 16.9 Å². The molecule has 0 fully saturated rings. The fraction of sp³-hybridized carbons (Fsp3) is 0.400. The van der Waals surface area contributed by atoms with Crippen molar-refractivity contribution >= 4 is 11.9 Å². The standard InChI is InChI=1S/C15H20N2O4/c1-3-5-7-11(15(19)20)17-14(18)13-12(21-10-4-2)8-6-9-16-13/h4,6,8-9,11H,2-3,5,7,10H2,1H3,(H,17,18)(H,19,20). The molecule has 0 radical (unpaired) electrons. The van der Waals surface area contributed by atoms with Gasteiger partial charge in [-0.2, -0.15) is 0 Å². The van der Waals surface area contributed by atoms with Crippen LogP contribution in [-0.2, 0) is 4.79 Å². The zero-order chi connectivity index (χ0) is 15.7. The van der Waals surface area contributed by atoms with Crippen LogP contribution in [0.3, 0.4) is 0 Å². The zero-order valence-electron chi connectivity index (χ0n) is 12.0. The molecule has 1 rings (SSSR count). The second kappa shape index (κ2) is 8.73. The second-order valence-electron chi connectivity index (χ2n) is 4.46. The van der Waals surface area contributed by atoms with Gasteiger partial charge >= 0.3 is 5.97 Å². The number of hydrogen-bond donors (Lipinski definition) is 2. The molecule has 1 amide bonds. The number of carboxylic acid groups (broad SMARTS) is 1. The van der Waals surface area contributed by atoms with E-state index in [4.69, 9.17) is 9.84 Å². The average molecular weight is 292 g/mol. The van der Waals surface area contributed by atoms with Crippen LogP contribution in [0.1, 0.15) is 36.7 Å². The topological polar surface area (TPSA) is 88.5 Å². The lowest BCUT2D eigenvalue weighted by Crippen LogP contribution is -2.41. The number of carbonyl (C=O) groups excluding carboxylic acids is 1. The van der Waals surface area contributed by atoms with Gasteiger partial charge in [-0.25, -0.2) is 9.78 Å². The Morgan fingerprint density at radius 2 is 2.33 bits per heavy atom. The number of hydrogen-bond acceptors (Lipinski definition) is 4. The van der Waals surface area contributed by atoms with Gasteiger partial charge in [0.15, 0.2) is 11.4 Å². The van der Waals surface area contributed by atoms with Gasteiger partial charge in [0.1, 0.15) is 12.6 Å². The third-order valence-corrected chi connectivity index (χ3v) is 2.79. The van der Waals surface area contributed by atoms with Crippen molar-refractivity contribution in [3.8, 4) is 5.75 Å². The molecule has 0 aliphatic heterocycles. The van der Waals surface area contributed by atoms with Crippen molar-refractivity contribution in [1.29, 1.82) is 0 Å². The molecule has 0 aliphatic carbocycles. The van der Waals surface area contributed by atoms with Gasteiger partial charge in [-0.3, -0.25) is 4.79 Å². The van der Waals surface area contributed by atoms with Crippen LogP contribution in [0.15, 0.2) is 31.0 Å². The minimum absolute atomic E-state index is 0.0714. The largest absolute Gasteiger partial charge is 0.487 e. The summed E-state index contributed by atoms with van der Waals surface area (Å²) in [7, 11) is 0. The van der Waals surface area contributed by atoms with Crippen molar-refractivity contribution in [3.05, 3.63) is 36.7 Å². The second-order valence-corrected chi connectivity index (χ2v) is 4.46. The molecule has 6 heteroatoms. The van der Waals surface area contributed by atoms with Crippen LogP contribution >= 0.6 is 0 Å². The van der Waals surface area contributed by atoms with Gasteiger partial charge in [0.25, 0.3) is 5.91 Å². The van der Waals surface area contributed by atoms with Crippen molar-refractivity contribution in [2.45, 2.75) is 32.2 Å². The number of amides is 1. The molecule has 1 aromatic rings. The molecule has 1 heterocycles. The van der Waals surface area contributed by atoms with Gasteiger partial charge in [-0.15, -0.1) is 0 Å². The molecule has 0 spiro atoms. The Labute approximate surface area is 123 Å². The monoisotopic (exact) mass is 292 g/mol. The number of ether oxygens (including phenoxy) is 1. The van der Waals surface area contributed by atoms with E-state index in [0.717, 1.165) is 12.8 Å². The minimum atomic E-state index is -1.05. The van der Waals surface area contributed by atoms with Gasteiger partial charge in [-0.1, -0.05) is 32.4 Å². The highest BCUT2D eigenvalue weighted by atomic mass is 16.5. The molecular weight excluding hydrogens is 272 g/mol. The van der Waals surface area contributed by atoms with E-state index >= 15 is 0 Å². The first-order valence-electron chi connectivity index (χ1n) is 6.82. The molecule has 0 saturated carbocycles. The highest BCUT2D eigenvalue weighted by molar-refractivity contribution is 5.97. The normalized spacial score (nSPS) is 11.5. The first kappa shape index (κ1) is 16.7. The SMILES string of the molecule is C=CCOc1cccnc1C(=O)NC(CCCC)C(=O)O. The molecule has 1 atom stereocenters. The quantitative estimate of drug-likeness (QED) is 0.680. The van der Waals surface area contributed by atoms with E-state index < -0.39 is 17.9 Å². The van der Waals surface area contributed by atoms with Crippen LogP contribution in [0.4, 0.5) is 0 Å². The Morgan fingerprint density at radius 3 is 2.95 bits per heavy atom.